The highest BCUT2D eigenvalue weighted by Crippen LogP contribution is 2.29. The Kier molecular flexibility index (Phi) is 2.64. The van der Waals surface area contributed by atoms with Crippen molar-refractivity contribution in [3.63, 3.8) is 0 Å². The summed E-state index contributed by atoms with van der Waals surface area (Å²) in [6.07, 6.45) is 0. The van der Waals surface area contributed by atoms with Crippen LogP contribution in [-0.4, -0.2) is 5.16 Å². The number of halogens is 2. The molecular formula is C10H8FIN2O. The molecule has 0 saturated heterocycles. The van der Waals surface area contributed by atoms with Gasteiger partial charge in [-0.05, 0) is 53.3 Å². The maximum Gasteiger partial charge on any atom is 0.182 e. The van der Waals surface area contributed by atoms with Gasteiger partial charge in [-0.15, -0.1) is 0 Å². The van der Waals surface area contributed by atoms with Gasteiger partial charge < -0.3 is 10.3 Å². The quantitative estimate of drug-likeness (QED) is 0.823. The number of nitrogens with two attached hydrogens (primary N) is 1. The molecule has 0 spiro atoms. The van der Waals surface area contributed by atoms with Crippen molar-refractivity contribution in [2.24, 2.45) is 0 Å². The van der Waals surface area contributed by atoms with E-state index in [0.29, 0.717) is 20.7 Å². The number of hydrogen-bond acceptors (Lipinski definition) is 3. The molecule has 1 aromatic heterocycles. The van der Waals surface area contributed by atoms with Crippen LogP contribution in [0.15, 0.2) is 22.7 Å². The fraction of sp³-hybridized carbons (Fsp3) is 0.100. The van der Waals surface area contributed by atoms with E-state index in [1.54, 1.807) is 0 Å². The van der Waals surface area contributed by atoms with Gasteiger partial charge in [0.05, 0.1) is 0 Å². The molecule has 0 atom stereocenters. The van der Waals surface area contributed by atoms with Gasteiger partial charge in [0.2, 0.25) is 0 Å². The first-order chi connectivity index (χ1) is 7.08. The third-order valence-corrected chi connectivity index (χ3v) is 3.01. The minimum Gasteiger partial charge on any atom is -0.380 e. The van der Waals surface area contributed by atoms with E-state index in [9.17, 15) is 4.39 Å². The van der Waals surface area contributed by atoms with E-state index in [2.05, 4.69) is 5.16 Å². The summed E-state index contributed by atoms with van der Waals surface area (Å²) in [5, 5.41) is 3.62. The Bertz CT molecular complexity index is 490. The lowest BCUT2D eigenvalue weighted by Gasteiger charge is -1.99. The number of benzene rings is 1. The predicted octanol–water partition coefficient (Wildman–Crippen LogP) is 2.98. The highest BCUT2D eigenvalue weighted by Gasteiger charge is 2.13. The molecule has 0 bridgehead atoms. The summed E-state index contributed by atoms with van der Waals surface area (Å²) in [6.45, 7) is 1.82. The normalized spacial score (nSPS) is 10.6. The first-order valence-corrected chi connectivity index (χ1v) is 5.34. The van der Waals surface area contributed by atoms with Gasteiger partial charge in [-0.3, -0.25) is 0 Å². The summed E-state index contributed by atoms with van der Waals surface area (Å²) in [6, 6.07) is 4.68. The lowest BCUT2D eigenvalue weighted by atomic mass is 10.1. The Morgan fingerprint density at radius 1 is 1.40 bits per heavy atom. The van der Waals surface area contributed by atoms with E-state index >= 15 is 0 Å². The molecule has 0 aliphatic heterocycles. The summed E-state index contributed by atoms with van der Waals surface area (Å²) in [5.41, 5.74) is 7.03. The Morgan fingerprint density at radius 3 is 2.67 bits per heavy atom. The van der Waals surface area contributed by atoms with E-state index in [0.717, 1.165) is 5.56 Å². The number of hydrogen-bond donors (Lipinski definition) is 1. The second-order valence-corrected chi connectivity index (χ2v) is 4.31. The van der Waals surface area contributed by atoms with Crippen molar-refractivity contribution >= 4 is 28.4 Å². The van der Waals surface area contributed by atoms with Crippen molar-refractivity contribution in [1.82, 2.24) is 5.16 Å². The molecule has 0 fully saturated rings. The van der Waals surface area contributed by atoms with Crippen LogP contribution in [0.1, 0.15) is 5.56 Å². The maximum atomic E-state index is 13.2. The van der Waals surface area contributed by atoms with E-state index < -0.39 is 0 Å². The molecule has 1 aromatic carbocycles. The topological polar surface area (TPSA) is 52.0 Å². The van der Waals surface area contributed by atoms with Crippen LogP contribution < -0.4 is 5.73 Å². The van der Waals surface area contributed by atoms with Crippen molar-refractivity contribution < 1.29 is 8.91 Å². The SMILES string of the molecule is Cc1cc(F)cc(-c2onc(N)c2I)c1. The van der Waals surface area contributed by atoms with Gasteiger partial charge in [-0.25, -0.2) is 4.39 Å². The molecule has 5 heteroatoms. The van der Waals surface area contributed by atoms with Crippen LogP contribution in [0.5, 0.6) is 0 Å². The summed E-state index contributed by atoms with van der Waals surface area (Å²) in [5.74, 6) is 0.541. The molecule has 2 rings (SSSR count). The summed E-state index contributed by atoms with van der Waals surface area (Å²) in [4.78, 5) is 0. The third-order valence-electron chi connectivity index (χ3n) is 1.96. The lowest BCUT2D eigenvalue weighted by molar-refractivity contribution is 0.435. The molecular weight excluding hydrogens is 310 g/mol. The van der Waals surface area contributed by atoms with Crippen LogP contribution >= 0.6 is 22.6 Å². The van der Waals surface area contributed by atoms with Crippen LogP contribution in [0.2, 0.25) is 0 Å². The minimum absolute atomic E-state index is 0.296. The smallest absolute Gasteiger partial charge is 0.182 e. The maximum absolute atomic E-state index is 13.2. The molecule has 15 heavy (non-hydrogen) atoms. The van der Waals surface area contributed by atoms with Crippen molar-refractivity contribution in [1.29, 1.82) is 0 Å². The van der Waals surface area contributed by atoms with Gasteiger partial charge in [-0.2, -0.15) is 0 Å². The fourth-order valence-corrected chi connectivity index (χ4v) is 1.85. The molecule has 2 aromatic rings. The highest BCUT2D eigenvalue weighted by molar-refractivity contribution is 14.1. The second-order valence-electron chi connectivity index (χ2n) is 3.23. The highest BCUT2D eigenvalue weighted by atomic mass is 127. The number of rotatable bonds is 1. The largest absolute Gasteiger partial charge is 0.380 e. The molecule has 0 radical (unpaired) electrons. The number of aryl methyl sites for hydroxylation is 1. The molecule has 78 valence electrons. The van der Waals surface area contributed by atoms with Gasteiger partial charge in [0, 0.05) is 5.56 Å². The Morgan fingerprint density at radius 2 is 2.13 bits per heavy atom. The van der Waals surface area contributed by atoms with Crippen LogP contribution in [0, 0.1) is 16.3 Å². The minimum atomic E-state index is -0.296. The fourth-order valence-electron chi connectivity index (χ4n) is 1.34. The number of aromatic nitrogens is 1. The van der Waals surface area contributed by atoms with Crippen LogP contribution in [0.4, 0.5) is 10.2 Å². The zero-order valence-corrected chi connectivity index (χ0v) is 10.1. The number of anilines is 1. The summed E-state index contributed by atoms with van der Waals surface area (Å²) >= 11 is 2.02. The van der Waals surface area contributed by atoms with Crippen LogP contribution in [0.3, 0.4) is 0 Å². The van der Waals surface area contributed by atoms with Crippen LogP contribution in [0.25, 0.3) is 11.3 Å². The zero-order chi connectivity index (χ0) is 11.0. The molecule has 1 heterocycles. The van der Waals surface area contributed by atoms with Gasteiger partial charge in [0.25, 0.3) is 0 Å². The number of nitrogen functional groups attached to an aromatic ring is 1. The van der Waals surface area contributed by atoms with Crippen molar-refractivity contribution in [2.45, 2.75) is 6.92 Å². The van der Waals surface area contributed by atoms with E-state index in [-0.39, 0.29) is 5.82 Å². The molecule has 0 aliphatic rings. The second kappa shape index (κ2) is 3.80. The van der Waals surface area contributed by atoms with Gasteiger partial charge >= 0.3 is 0 Å². The Labute approximate surface area is 99.6 Å². The molecule has 0 unspecified atom stereocenters. The predicted molar refractivity (Wildman–Crippen MR) is 63.8 cm³/mol. The van der Waals surface area contributed by atoms with E-state index in [4.69, 9.17) is 10.3 Å². The third kappa shape index (κ3) is 1.97. The van der Waals surface area contributed by atoms with Crippen molar-refractivity contribution in [3.05, 3.63) is 33.1 Å². The van der Waals surface area contributed by atoms with Crippen LogP contribution in [-0.2, 0) is 0 Å². The molecule has 2 N–H and O–H groups in total. The van der Waals surface area contributed by atoms with Gasteiger partial charge in [0.1, 0.15) is 9.39 Å². The lowest BCUT2D eigenvalue weighted by Crippen LogP contribution is -1.87. The van der Waals surface area contributed by atoms with Gasteiger partial charge in [0.15, 0.2) is 11.6 Å². The summed E-state index contributed by atoms with van der Waals surface area (Å²) in [7, 11) is 0. The zero-order valence-electron chi connectivity index (χ0n) is 7.92. The first kappa shape index (κ1) is 10.4. The first-order valence-electron chi connectivity index (χ1n) is 4.26. The monoisotopic (exact) mass is 318 g/mol. The Balaban J connectivity index is 2.58. The average Bonchev–Trinajstić information content (AvgIpc) is 2.46. The van der Waals surface area contributed by atoms with E-state index in [1.807, 2.05) is 35.6 Å². The average molecular weight is 318 g/mol. The number of nitrogens with zero attached hydrogens (tertiary/aromatic N) is 1. The van der Waals surface area contributed by atoms with Crippen molar-refractivity contribution in [2.75, 3.05) is 5.73 Å². The van der Waals surface area contributed by atoms with Gasteiger partial charge in [-0.1, -0.05) is 5.16 Å². The summed E-state index contributed by atoms with van der Waals surface area (Å²) < 4.78 is 18.9. The van der Waals surface area contributed by atoms with Crippen molar-refractivity contribution in [3.8, 4) is 11.3 Å². The Hall–Kier alpha value is -1.11. The standard InChI is InChI=1S/C10H8FIN2O/c1-5-2-6(4-7(11)3-5)9-8(12)10(13)14-15-9/h2-4H,1H3,(H2,13,14). The molecule has 0 amide bonds. The molecule has 0 aliphatic carbocycles. The molecule has 0 saturated carbocycles. The van der Waals surface area contributed by atoms with E-state index in [1.165, 1.54) is 12.1 Å². The molecule has 3 nitrogen and oxygen atoms in total.